The van der Waals surface area contributed by atoms with E-state index in [0.29, 0.717) is 52.2 Å². The van der Waals surface area contributed by atoms with Crippen LogP contribution < -0.4 is 0 Å². The normalized spacial score (nSPS) is 12.1. The van der Waals surface area contributed by atoms with Crippen LogP contribution in [0.15, 0.2) is 19.0 Å². The fraction of sp³-hybridized carbons (Fsp3) is 0.750. The van der Waals surface area contributed by atoms with Gasteiger partial charge in [0.15, 0.2) is 32.4 Å². The summed E-state index contributed by atoms with van der Waals surface area (Å²) >= 11 is 46.3. The van der Waals surface area contributed by atoms with E-state index >= 15 is 0 Å². The van der Waals surface area contributed by atoms with Gasteiger partial charge in [0.1, 0.15) is 16.6 Å². The number of unbranched alkanes of at least 4 members (excludes halogenated alkanes) is 39. The molecular weight excluding hydrogens is 1530 g/mol. The van der Waals surface area contributed by atoms with Gasteiger partial charge in [0.2, 0.25) is 15.9 Å². The zero-order valence-corrected chi connectivity index (χ0v) is 69.0. The lowest BCUT2D eigenvalue weighted by molar-refractivity contribution is 0.158. The van der Waals surface area contributed by atoms with Crippen molar-refractivity contribution in [2.24, 2.45) is 0 Å². The number of aliphatic hydroxyl groups is 1. The summed E-state index contributed by atoms with van der Waals surface area (Å²) in [6.07, 6.45) is 57.9. The van der Waals surface area contributed by atoms with Crippen LogP contribution in [0.4, 0.5) is 0 Å². The molecule has 22 nitrogen and oxygen atoms in total. The Balaban J connectivity index is 0.000000335. The Morgan fingerprint density at radius 3 is 0.817 bits per heavy atom. The summed E-state index contributed by atoms with van der Waals surface area (Å²) in [5.74, 6) is 0. The van der Waals surface area contributed by atoms with Crippen molar-refractivity contribution in [3.05, 3.63) is 50.3 Å². The molecule has 1 unspecified atom stereocenters. The lowest BCUT2D eigenvalue weighted by atomic mass is 10.0. The highest BCUT2D eigenvalue weighted by atomic mass is 35.5. The van der Waals surface area contributed by atoms with Crippen LogP contribution in [-0.2, 0) is 65.9 Å². The van der Waals surface area contributed by atoms with Crippen LogP contribution in [0.5, 0.6) is 0 Å². The first-order chi connectivity index (χ1) is 50.6. The van der Waals surface area contributed by atoms with Gasteiger partial charge < -0.3 is 46.3 Å². The molecule has 0 spiro atoms. The Morgan fingerprint density at radius 2 is 0.548 bits per heavy atom. The fourth-order valence-electron chi connectivity index (χ4n) is 11.9. The summed E-state index contributed by atoms with van der Waals surface area (Å²) in [6.45, 7) is -1.68. The van der Waals surface area contributed by atoms with Crippen LogP contribution in [0.1, 0.15) is 289 Å². The van der Waals surface area contributed by atoms with Crippen LogP contribution in [-0.4, -0.2) is 108 Å². The quantitative estimate of drug-likeness (QED) is 0.0155. The highest BCUT2D eigenvalue weighted by molar-refractivity contribution is 8.07. The van der Waals surface area contributed by atoms with Gasteiger partial charge in [-0.15, -0.1) is 0 Å². The molecule has 2 N–H and O–H groups in total. The molecule has 6 rings (SSSR count). The largest absolute Gasteiger partial charge is 0.396 e. The lowest BCUT2D eigenvalue weighted by Crippen LogP contribution is -2.03. The standard InChI is InChI=1S/C27H41Cl2N6O3PS.C24H38Cl2N5O3PS.C21H34Cl2N4O/c28-25-24-26(34-27(29)33-25)32-23-35(24)19-13-11-9-7-5-3-1-2-4-6-8-10-12-14-20-36-39(40,37-21-15-17-30)38-22-16-18-31;25-22-21-23(30-24(26)29-22)28-20-31(21)17-13-11-9-7-5-3-1-2-4-6-8-10-12-14-18-33-35(32,36)34-19-15-16-27;22-19-18-20(26-21(23)25-19)24-17-27(18)15-13-11-9-7-5-3-1-2-4-6-8-10-12-14-16-28/h23H,1-16,19-22H2;20H,1-15,17-19H2,(H,32,36);17,28H,1-16H2. The molecule has 0 bridgehead atoms. The molecule has 0 aliphatic carbocycles. The van der Waals surface area contributed by atoms with E-state index in [2.05, 4.69) is 44.9 Å². The molecule has 0 radical (unpaired) electrons. The second-order valence-electron chi connectivity index (χ2n) is 26.1. The molecule has 0 saturated heterocycles. The number of hydrogen-bond donors (Lipinski definition) is 2. The number of fused-ring (bicyclic) bond motifs is 3. The Bertz CT molecular complexity index is 3470. The van der Waals surface area contributed by atoms with E-state index in [9.17, 15) is 4.89 Å². The van der Waals surface area contributed by atoms with Crippen molar-refractivity contribution in [2.45, 2.75) is 309 Å². The molecule has 104 heavy (non-hydrogen) atoms. The van der Waals surface area contributed by atoms with Crippen molar-refractivity contribution < 1.29 is 32.6 Å². The molecule has 0 aromatic carbocycles. The van der Waals surface area contributed by atoms with Gasteiger partial charge in [0, 0.05) is 26.2 Å². The average molecular weight is 1640 g/mol. The predicted molar refractivity (Wildman–Crippen MR) is 428 cm³/mol. The van der Waals surface area contributed by atoms with Crippen molar-refractivity contribution in [1.82, 2.24) is 58.6 Å². The first-order valence-corrected chi connectivity index (χ1v) is 45.5. The van der Waals surface area contributed by atoms with Crippen LogP contribution in [0, 0.1) is 34.0 Å². The zero-order valence-electron chi connectivity index (χ0n) is 61.0. The molecule has 6 aromatic heterocycles. The molecule has 1 atom stereocenters. The van der Waals surface area contributed by atoms with E-state index < -0.39 is 13.4 Å². The maximum atomic E-state index is 9.80. The molecule has 0 aliphatic rings. The summed E-state index contributed by atoms with van der Waals surface area (Å²) in [5.41, 5.74) is 3.96. The zero-order chi connectivity index (χ0) is 75.0. The minimum Gasteiger partial charge on any atom is -0.396 e. The van der Waals surface area contributed by atoms with E-state index in [4.69, 9.17) is 137 Å². The summed E-state index contributed by atoms with van der Waals surface area (Å²) < 4.78 is 33.1. The van der Waals surface area contributed by atoms with Crippen molar-refractivity contribution in [2.75, 3.05) is 39.6 Å². The number of imidazole rings is 3. The monoisotopic (exact) mass is 1640 g/mol. The lowest BCUT2D eigenvalue weighted by Gasteiger charge is -2.21. The van der Waals surface area contributed by atoms with Gasteiger partial charge in [-0.25, -0.2) is 29.9 Å². The minimum atomic E-state index is -3.17. The molecule has 0 fully saturated rings. The van der Waals surface area contributed by atoms with Gasteiger partial charge >= 0.3 is 13.4 Å². The first-order valence-electron chi connectivity index (χ1n) is 38.1. The smallest absolute Gasteiger partial charge is 0.327 e. The average Bonchev–Trinajstić information content (AvgIpc) is 1.67. The van der Waals surface area contributed by atoms with E-state index in [1.165, 1.54) is 218 Å². The summed E-state index contributed by atoms with van der Waals surface area (Å²) in [7, 11) is 0. The third kappa shape index (κ3) is 42.7. The number of halogens is 6. The van der Waals surface area contributed by atoms with Crippen molar-refractivity contribution >= 4 is 140 Å². The number of nitriles is 3. The highest BCUT2D eigenvalue weighted by Gasteiger charge is 2.21. The van der Waals surface area contributed by atoms with Crippen LogP contribution >= 0.6 is 83.0 Å². The van der Waals surface area contributed by atoms with Crippen molar-refractivity contribution in [3.8, 4) is 18.2 Å². The van der Waals surface area contributed by atoms with Gasteiger partial charge in [-0.3, -0.25) is 0 Å². The van der Waals surface area contributed by atoms with Crippen molar-refractivity contribution in [1.29, 1.82) is 15.8 Å². The fourth-order valence-corrected chi connectivity index (χ4v) is 16.4. The van der Waals surface area contributed by atoms with Gasteiger partial charge in [-0.1, -0.05) is 266 Å². The van der Waals surface area contributed by atoms with E-state index in [-0.39, 0.29) is 54.9 Å². The number of rotatable bonds is 61. The van der Waals surface area contributed by atoms with Crippen LogP contribution in [0.3, 0.4) is 0 Å². The maximum Gasteiger partial charge on any atom is 0.327 e. The van der Waals surface area contributed by atoms with Gasteiger partial charge in [0.05, 0.1) is 89.5 Å². The number of aliphatic hydroxyl groups excluding tert-OH is 1. The molecule has 6 heterocycles. The highest BCUT2D eigenvalue weighted by Crippen LogP contribution is 2.50. The van der Waals surface area contributed by atoms with E-state index in [1.807, 2.05) is 31.9 Å². The third-order valence-corrected chi connectivity index (χ3v) is 22.9. The Kier molecular flexibility index (Phi) is 53.5. The second kappa shape index (κ2) is 59.7. The summed E-state index contributed by atoms with van der Waals surface area (Å²) in [4.78, 5) is 47.0. The van der Waals surface area contributed by atoms with Gasteiger partial charge in [-0.05, 0) is 96.9 Å². The minimum absolute atomic E-state index is 0.123. The number of aromatic nitrogens is 12. The SMILES string of the molecule is N#CCCOP(=S)(OCCC#N)OCCCCCCCCCCCCCCCCn1cnc2nc(Cl)nc(Cl)c21.N#CCCOP(O)(=S)OCCCCCCCCCCCCCCCCn1cnc2nc(Cl)nc(Cl)c21.OCCCCCCCCCCCCCCCCn1cnc2nc(Cl)nc(Cl)c21. The molecule has 32 heteroatoms. The topological polar surface area (TPSA) is 289 Å². The molecule has 0 aliphatic heterocycles. The molecule has 0 saturated carbocycles. The van der Waals surface area contributed by atoms with E-state index in [0.717, 1.165) is 87.6 Å². The Labute approximate surface area is 659 Å². The maximum absolute atomic E-state index is 9.80. The summed E-state index contributed by atoms with van der Waals surface area (Å²) in [6, 6.07) is 5.97. The Morgan fingerprint density at radius 1 is 0.327 bits per heavy atom. The molecular formula is C72H113Cl6N15O7P2S2. The van der Waals surface area contributed by atoms with Gasteiger partial charge in [-0.2, -0.15) is 30.7 Å². The number of hydrogen-bond acceptors (Lipinski definition) is 20. The molecule has 0 amide bonds. The van der Waals surface area contributed by atoms with Crippen LogP contribution in [0.2, 0.25) is 31.3 Å². The van der Waals surface area contributed by atoms with Gasteiger partial charge in [0.25, 0.3) is 0 Å². The predicted octanol–water partition coefficient (Wildman–Crippen LogP) is 23.0. The molecule has 582 valence electrons. The summed E-state index contributed by atoms with van der Waals surface area (Å²) in [5, 5.41) is 36.0. The van der Waals surface area contributed by atoms with Crippen LogP contribution in [0.25, 0.3) is 33.5 Å². The number of aryl methyl sites for hydroxylation is 3. The number of nitrogens with zero attached hydrogens (tertiary/aromatic N) is 15. The Hall–Kier alpha value is -3.12. The first kappa shape index (κ1) is 93.3. The van der Waals surface area contributed by atoms with E-state index in [1.54, 1.807) is 19.0 Å². The third-order valence-electron chi connectivity index (χ3n) is 17.5. The van der Waals surface area contributed by atoms with Crippen molar-refractivity contribution in [3.63, 3.8) is 0 Å². The second-order valence-corrected chi connectivity index (χ2v) is 34.0. The molecule has 6 aromatic rings.